The third kappa shape index (κ3) is 4.96. The Morgan fingerprint density at radius 2 is 1.65 bits per heavy atom. The SMILES string of the molecule is O=C(NCc1ccc(Oc2ccccc2)cc1)c1noc(-c2cc(Cl)c(O)c(Cl)c2)n1. The number of para-hydroxylation sites is 1. The summed E-state index contributed by atoms with van der Waals surface area (Å²) in [7, 11) is 0. The summed E-state index contributed by atoms with van der Waals surface area (Å²) in [6, 6.07) is 19.6. The molecule has 31 heavy (non-hydrogen) atoms. The molecule has 0 atom stereocenters. The third-order valence-corrected chi connectivity index (χ3v) is 4.82. The Balaban J connectivity index is 1.37. The molecule has 3 aromatic carbocycles. The number of aromatic hydroxyl groups is 1. The summed E-state index contributed by atoms with van der Waals surface area (Å²) in [5.74, 6) is 0.596. The van der Waals surface area contributed by atoms with Crippen molar-refractivity contribution in [2.45, 2.75) is 6.54 Å². The fraction of sp³-hybridized carbons (Fsp3) is 0.0455. The fourth-order valence-corrected chi connectivity index (χ4v) is 3.17. The lowest BCUT2D eigenvalue weighted by Gasteiger charge is -2.07. The molecule has 1 aromatic heterocycles. The van der Waals surface area contributed by atoms with Gasteiger partial charge < -0.3 is 19.7 Å². The number of carbonyl (C=O) groups is 1. The maximum absolute atomic E-state index is 12.3. The van der Waals surface area contributed by atoms with Gasteiger partial charge in [-0.05, 0) is 42.0 Å². The van der Waals surface area contributed by atoms with Crippen molar-refractivity contribution in [3.8, 4) is 28.7 Å². The Labute approximate surface area is 187 Å². The number of hydrogen-bond donors (Lipinski definition) is 2. The summed E-state index contributed by atoms with van der Waals surface area (Å²) < 4.78 is 10.9. The molecule has 1 heterocycles. The number of nitrogens with one attached hydrogen (secondary N) is 1. The second-order valence-corrected chi connectivity index (χ2v) is 7.27. The van der Waals surface area contributed by atoms with Crippen LogP contribution in [0.2, 0.25) is 10.0 Å². The van der Waals surface area contributed by atoms with Crippen molar-refractivity contribution in [2.75, 3.05) is 0 Å². The van der Waals surface area contributed by atoms with E-state index in [1.165, 1.54) is 12.1 Å². The molecule has 9 heteroatoms. The van der Waals surface area contributed by atoms with Gasteiger partial charge in [0.2, 0.25) is 0 Å². The van der Waals surface area contributed by atoms with Crippen LogP contribution in [0.15, 0.2) is 71.3 Å². The Bertz CT molecular complexity index is 1190. The van der Waals surface area contributed by atoms with Crippen LogP contribution < -0.4 is 10.1 Å². The van der Waals surface area contributed by atoms with Crippen molar-refractivity contribution in [3.63, 3.8) is 0 Å². The van der Waals surface area contributed by atoms with Gasteiger partial charge in [0.25, 0.3) is 17.6 Å². The molecule has 7 nitrogen and oxygen atoms in total. The van der Waals surface area contributed by atoms with Gasteiger partial charge in [0.1, 0.15) is 11.5 Å². The number of hydrogen-bond acceptors (Lipinski definition) is 6. The summed E-state index contributed by atoms with van der Waals surface area (Å²) in [5.41, 5.74) is 1.25. The van der Waals surface area contributed by atoms with Gasteiger partial charge in [0.05, 0.1) is 10.0 Å². The van der Waals surface area contributed by atoms with Crippen LogP contribution in [0.4, 0.5) is 0 Å². The Morgan fingerprint density at radius 3 is 2.32 bits per heavy atom. The normalized spacial score (nSPS) is 10.6. The van der Waals surface area contributed by atoms with Crippen LogP contribution in [-0.4, -0.2) is 21.2 Å². The van der Waals surface area contributed by atoms with Gasteiger partial charge in [-0.15, -0.1) is 0 Å². The van der Waals surface area contributed by atoms with Gasteiger partial charge in [0.15, 0.2) is 5.75 Å². The molecule has 0 bridgehead atoms. The van der Waals surface area contributed by atoms with E-state index in [1.807, 2.05) is 54.6 Å². The summed E-state index contributed by atoms with van der Waals surface area (Å²) >= 11 is 11.8. The van der Waals surface area contributed by atoms with Crippen molar-refractivity contribution in [1.29, 1.82) is 0 Å². The van der Waals surface area contributed by atoms with E-state index in [0.717, 1.165) is 11.3 Å². The number of benzene rings is 3. The van der Waals surface area contributed by atoms with Crippen molar-refractivity contribution < 1.29 is 19.2 Å². The van der Waals surface area contributed by atoms with Gasteiger partial charge in [-0.25, -0.2) is 0 Å². The highest BCUT2D eigenvalue weighted by molar-refractivity contribution is 6.37. The van der Waals surface area contributed by atoms with E-state index in [4.69, 9.17) is 32.5 Å². The highest BCUT2D eigenvalue weighted by Gasteiger charge is 2.17. The average molecular weight is 456 g/mol. The van der Waals surface area contributed by atoms with Crippen LogP contribution in [0, 0.1) is 0 Å². The summed E-state index contributed by atoms with van der Waals surface area (Å²) in [6.07, 6.45) is 0. The Morgan fingerprint density at radius 1 is 1.00 bits per heavy atom. The van der Waals surface area contributed by atoms with Crippen LogP contribution in [0.1, 0.15) is 16.2 Å². The van der Waals surface area contributed by atoms with Gasteiger partial charge in [-0.2, -0.15) is 4.98 Å². The summed E-state index contributed by atoms with van der Waals surface area (Å²) in [4.78, 5) is 16.4. The fourth-order valence-electron chi connectivity index (χ4n) is 2.68. The molecule has 0 saturated carbocycles. The number of rotatable bonds is 6. The molecule has 0 saturated heterocycles. The monoisotopic (exact) mass is 455 g/mol. The van der Waals surface area contributed by atoms with E-state index >= 15 is 0 Å². The van der Waals surface area contributed by atoms with Crippen LogP contribution in [-0.2, 0) is 6.54 Å². The van der Waals surface area contributed by atoms with E-state index < -0.39 is 5.91 Å². The van der Waals surface area contributed by atoms with Gasteiger partial charge in [0, 0.05) is 12.1 Å². The predicted octanol–water partition coefficient (Wildman–Crippen LogP) is 5.47. The minimum absolute atomic E-state index is 0.0337. The van der Waals surface area contributed by atoms with E-state index in [9.17, 15) is 9.90 Å². The van der Waals surface area contributed by atoms with Crippen LogP contribution in [0.25, 0.3) is 11.5 Å². The van der Waals surface area contributed by atoms with Gasteiger partial charge in [-0.3, -0.25) is 4.79 Å². The minimum atomic E-state index is -0.504. The molecule has 156 valence electrons. The lowest BCUT2D eigenvalue weighted by molar-refractivity contribution is 0.0937. The van der Waals surface area contributed by atoms with Crippen molar-refractivity contribution in [2.24, 2.45) is 0 Å². The van der Waals surface area contributed by atoms with E-state index in [1.54, 1.807) is 0 Å². The predicted molar refractivity (Wildman–Crippen MR) is 116 cm³/mol. The largest absolute Gasteiger partial charge is 0.505 e. The lowest BCUT2D eigenvalue weighted by Crippen LogP contribution is -2.23. The molecular weight excluding hydrogens is 441 g/mol. The first kappa shape index (κ1) is 20.7. The van der Waals surface area contributed by atoms with E-state index in [2.05, 4.69) is 15.5 Å². The quantitative estimate of drug-likeness (QED) is 0.399. The minimum Gasteiger partial charge on any atom is -0.505 e. The number of halogens is 2. The van der Waals surface area contributed by atoms with Crippen LogP contribution in [0.3, 0.4) is 0 Å². The molecular formula is C22H15Cl2N3O4. The first-order valence-electron chi connectivity index (χ1n) is 9.12. The third-order valence-electron chi connectivity index (χ3n) is 4.25. The Kier molecular flexibility index (Phi) is 6.06. The Hall–Kier alpha value is -3.55. The molecule has 0 radical (unpaired) electrons. The highest BCUT2D eigenvalue weighted by Crippen LogP contribution is 2.35. The second-order valence-electron chi connectivity index (χ2n) is 6.45. The second kappa shape index (κ2) is 9.07. The first-order chi connectivity index (χ1) is 15.0. The number of aromatic nitrogens is 2. The van der Waals surface area contributed by atoms with E-state index in [-0.39, 0.29) is 34.1 Å². The zero-order valence-electron chi connectivity index (χ0n) is 15.9. The van der Waals surface area contributed by atoms with Crippen molar-refractivity contribution in [3.05, 3.63) is 88.2 Å². The molecule has 1 amide bonds. The number of amides is 1. The maximum Gasteiger partial charge on any atom is 0.292 e. The molecule has 0 aliphatic rings. The van der Waals surface area contributed by atoms with Gasteiger partial charge in [-0.1, -0.05) is 58.7 Å². The highest BCUT2D eigenvalue weighted by atomic mass is 35.5. The summed E-state index contributed by atoms with van der Waals surface area (Å²) in [5, 5.41) is 16.1. The van der Waals surface area contributed by atoms with Crippen LogP contribution >= 0.6 is 23.2 Å². The van der Waals surface area contributed by atoms with Crippen LogP contribution in [0.5, 0.6) is 17.2 Å². The first-order valence-corrected chi connectivity index (χ1v) is 9.87. The topological polar surface area (TPSA) is 97.5 Å². The average Bonchev–Trinajstić information content (AvgIpc) is 3.28. The number of nitrogens with zero attached hydrogens (tertiary/aromatic N) is 2. The molecule has 0 aliphatic carbocycles. The molecule has 0 aliphatic heterocycles. The van der Waals surface area contributed by atoms with E-state index in [0.29, 0.717) is 11.3 Å². The number of ether oxygens (including phenoxy) is 1. The summed E-state index contributed by atoms with van der Waals surface area (Å²) in [6.45, 7) is 0.269. The lowest BCUT2D eigenvalue weighted by atomic mass is 10.2. The molecule has 0 spiro atoms. The molecule has 0 fully saturated rings. The van der Waals surface area contributed by atoms with Gasteiger partial charge >= 0.3 is 0 Å². The standard InChI is InChI=1S/C22H15Cl2N3O4/c23-17-10-14(11-18(24)19(17)28)22-26-20(27-31-22)21(29)25-12-13-6-8-16(9-7-13)30-15-4-2-1-3-5-15/h1-11,28H,12H2,(H,25,29). The number of phenolic OH excluding ortho intramolecular Hbond substituents is 1. The zero-order valence-corrected chi connectivity index (χ0v) is 17.4. The molecule has 2 N–H and O–H groups in total. The van der Waals surface area contributed by atoms with Crippen molar-refractivity contribution >= 4 is 29.1 Å². The molecule has 4 aromatic rings. The smallest absolute Gasteiger partial charge is 0.292 e. The molecule has 0 unspecified atom stereocenters. The maximum atomic E-state index is 12.3. The number of carbonyl (C=O) groups excluding carboxylic acids is 1. The number of phenols is 1. The zero-order chi connectivity index (χ0) is 21.8. The molecule has 4 rings (SSSR count). The van der Waals surface area contributed by atoms with Crippen molar-refractivity contribution in [1.82, 2.24) is 15.5 Å².